The summed E-state index contributed by atoms with van der Waals surface area (Å²) >= 11 is 12.1. The topological polar surface area (TPSA) is 39.7 Å². The van der Waals surface area contributed by atoms with Crippen molar-refractivity contribution >= 4 is 28.9 Å². The summed E-state index contributed by atoms with van der Waals surface area (Å²) < 4.78 is 16.6. The standard InChI is InChI=1S/C21H17Cl2NO3/c22-16-5-4-15(19(23)9-16)12-25-18-3-1-2-14(8-18)11-24-17-6-7-20-21(10-17)27-13-26-20/h1-10,24H,11-13H2. The molecule has 0 amide bonds. The molecule has 0 saturated heterocycles. The number of halogens is 2. The molecule has 4 nitrogen and oxygen atoms in total. The molecule has 0 aliphatic carbocycles. The summed E-state index contributed by atoms with van der Waals surface area (Å²) in [7, 11) is 0. The quantitative estimate of drug-likeness (QED) is 0.556. The first-order valence-electron chi connectivity index (χ1n) is 8.46. The maximum Gasteiger partial charge on any atom is 0.231 e. The van der Waals surface area contributed by atoms with Gasteiger partial charge in [-0.05, 0) is 42.0 Å². The average molecular weight is 402 g/mol. The predicted molar refractivity (Wildman–Crippen MR) is 107 cm³/mol. The van der Waals surface area contributed by atoms with Gasteiger partial charge in [-0.3, -0.25) is 0 Å². The van der Waals surface area contributed by atoms with Crippen LogP contribution in [-0.2, 0) is 13.2 Å². The van der Waals surface area contributed by atoms with Crippen LogP contribution in [0.15, 0.2) is 60.7 Å². The highest BCUT2D eigenvalue weighted by atomic mass is 35.5. The van der Waals surface area contributed by atoms with Gasteiger partial charge in [-0.1, -0.05) is 41.4 Å². The summed E-state index contributed by atoms with van der Waals surface area (Å²) in [6, 6.07) is 19.1. The zero-order valence-corrected chi connectivity index (χ0v) is 15.9. The van der Waals surface area contributed by atoms with E-state index in [4.69, 9.17) is 37.4 Å². The predicted octanol–water partition coefficient (Wildman–Crippen LogP) is 5.91. The van der Waals surface area contributed by atoms with Crippen LogP contribution >= 0.6 is 23.2 Å². The van der Waals surface area contributed by atoms with E-state index in [2.05, 4.69) is 5.32 Å². The van der Waals surface area contributed by atoms with E-state index in [1.165, 1.54) is 0 Å². The van der Waals surface area contributed by atoms with Crippen LogP contribution in [0.5, 0.6) is 17.2 Å². The Morgan fingerprint density at radius 1 is 0.926 bits per heavy atom. The van der Waals surface area contributed by atoms with E-state index >= 15 is 0 Å². The van der Waals surface area contributed by atoms with Crippen molar-refractivity contribution in [2.24, 2.45) is 0 Å². The fourth-order valence-corrected chi connectivity index (χ4v) is 3.22. The molecule has 0 atom stereocenters. The lowest BCUT2D eigenvalue weighted by Crippen LogP contribution is -2.01. The van der Waals surface area contributed by atoms with Crippen LogP contribution in [0.4, 0.5) is 5.69 Å². The SMILES string of the molecule is Clc1ccc(COc2cccc(CNc3ccc4c(c3)OCO4)c2)c(Cl)c1. The van der Waals surface area contributed by atoms with Crippen molar-refractivity contribution in [3.05, 3.63) is 81.8 Å². The molecule has 1 heterocycles. The first kappa shape index (κ1) is 17.8. The summed E-state index contributed by atoms with van der Waals surface area (Å²) in [4.78, 5) is 0. The third-order valence-corrected chi connectivity index (χ3v) is 4.76. The summed E-state index contributed by atoms with van der Waals surface area (Å²) in [5.41, 5.74) is 2.97. The van der Waals surface area contributed by atoms with Crippen molar-refractivity contribution in [2.45, 2.75) is 13.2 Å². The van der Waals surface area contributed by atoms with Crippen LogP contribution in [0.1, 0.15) is 11.1 Å². The lowest BCUT2D eigenvalue weighted by molar-refractivity contribution is 0.174. The fraction of sp³-hybridized carbons (Fsp3) is 0.143. The molecule has 1 N–H and O–H groups in total. The molecule has 0 aromatic heterocycles. The highest BCUT2D eigenvalue weighted by Gasteiger charge is 2.13. The van der Waals surface area contributed by atoms with Gasteiger partial charge >= 0.3 is 0 Å². The molecular weight excluding hydrogens is 385 g/mol. The minimum Gasteiger partial charge on any atom is -0.489 e. The number of ether oxygens (including phenoxy) is 3. The maximum atomic E-state index is 6.19. The molecule has 0 radical (unpaired) electrons. The second-order valence-electron chi connectivity index (χ2n) is 6.09. The van der Waals surface area contributed by atoms with Crippen molar-refractivity contribution in [3.63, 3.8) is 0 Å². The number of anilines is 1. The molecule has 0 bridgehead atoms. The molecule has 3 aromatic rings. The van der Waals surface area contributed by atoms with Crippen molar-refractivity contribution in [1.29, 1.82) is 0 Å². The Hall–Kier alpha value is -2.56. The Morgan fingerprint density at radius 2 is 1.81 bits per heavy atom. The van der Waals surface area contributed by atoms with E-state index in [0.717, 1.165) is 34.1 Å². The molecule has 3 aromatic carbocycles. The van der Waals surface area contributed by atoms with Gasteiger partial charge < -0.3 is 19.5 Å². The van der Waals surface area contributed by atoms with E-state index in [1.807, 2.05) is 48.5 Å². The zero-order valence-electron chi connectivity index (χ0n) is 14.4. The molecule has 1 aliphatic rings. The number of rotatable bonds is 6. The van der Waals surface area contributed by atoms with Crippen LogP contribution in [0.25, 0.3) is 0 Å². The summed E-state index contributed by atoms with van der Waals surface area (Å²) in [6.07, 6.45) is 0. The minimum atomic E-state index is 0.274. The van der Waals surface area contributed by atoms with Gasteiger partial charge in [0.2, 0.25) is 6.79 Å². The highest BCUT2D eigenvalue weighted by Crippen LogP contribution is 2.34. The van der Waals surface area contributed by atoms with Crippen LogP contribution in [-0.4, -0.2) is 6.79 Å². The number of benzene rings is 3. The van der Waals surface area contributed by atoms with Crippen LogP contribution in [0, 0.1) is 0 Å². The van der Waals surface area contributed by atoms with Gasteiger partial charge in [-0.15, -0.1) is 0 Å². The molecule has 1 aliphatic heterocycles. The van der Waals surface area contributed by atoms with Gasteiger partial charge in [-0.25, -0.2) is 0 Å². The molecular formula is C21H17Cl2NO3. The number of fused-ring (bicyclic) bond motifs is 1. The second kappa shape index (κ2) is 7.99. The number of hydrogen-bond acceptors (Lipinski definition) is 4. The Kier molecular flexibility index (Phi) is 5.28. The molecule has 6 heteroatoms. The normalized spacial score (nSPS) is 12.1. The van der Waals surface area contributed by atoms with Crippen LogP contribution in [0.3, 0.4) is 0 Å². The van der Waals surface area contributed by atoms with Crippen molar-refractivity contribution in [2.75, 3.05) is 12.1 Å². The molecule has 4 rings (SSSR count). The largest absolute Gasteiger partial charge is 0.489 e. The Labute approximate surface area is 167 Å². The molecule has 27 heavy (non-hydrogen) atoms. The van der Waals surface area contributed by atoms with E-state index < -0.39 is 0 Å². The van der Waals surface area contributed by atoms with Crippen molar-refractivity contribution in [3.8, 4) is 17.2 Å². The van der Waals surface area contributed by atoms with E-state index in [0.29, 0.717) is 23.2 Å². The van der Waals surface area contributed by atoms with Gasteiger partial charge in [0.15, 0.2) is 11.5 Å². The van der Waals surface area contributed by atoms with Gasteiger partial charge in [0.05, 0.1) is 0 Å². The Bertz CT molecular complexity index is 962. The summed E-state index contributed by atoms with van der Waals surface area (Å²) in [6.45, 7) is 1.32. The smallest absolute Gasteiger partial charge is 0.231 e. The molecule has 0 saturated carbocycles. The Morgan fingerprint density at radius 3 is 2.70 bits per heavy atom. The third-order valence-electron chi connectivity index (χ3n) is 4.18. The second-order valence-corrected chi connectivity index (χ2v) is 6.94. The van der Waals surface area contributed by atoms with E-state index in [9.17, 15) is 0 Å². The van der Waals surface area contributed by atoms with Gasteiger partial charge in [0.25, 0.3) is 0 Å². The zero-order chi connectivity index (χ0) is 18.6. The fourth-order valence-electron chi connectivity index (χ4n) is 2.76. The minimum absolute atomic E-state index is 0.274. The summed E-state index contributed by atoms with van der Waals surface area (Å²) in [5, 5.41) is 4.59. The monoisotopic (exact) mass is 401 g/mol. The highest BCUT2D eigenvalue weighted by molar-refractivity contribution is 6.35. The van der Waals surface area contributed by atoms with Gasteiger partial charge in [0, 0.05) is 33.9 Å². The lowest BCUT2D eigenvalue weighted by atomic mass is 10.2. The maximum absolute atomic E-state index is 6.19. The average Bonchev–Trinajstić information content (AvgIpc) is 3.14. The number of nitrogens with one attached hydrogen (secondary N) is 1. The Balaban J connectivity index is 1.37. The number of hydrogen-bond donors (Lipinski definition) is 1. The molecule has 138 valence electrons. The van der Waals surface area contributed by atoms with Crippen LogP contribution < -0.4 is 19.5 Å². The third kappa shape index (κ3) is 4.41. The summed E-state index contributed by atoms with van der Waals surface area (Å²) in [5.74, 6) is 2.32. The molecule has 0 spiro atoms. The first-order chi connectivity index (χ1) is 13.2. The van der Waals surface area contributed by atoms with E-state index in [-0.39, 0.29) is 6.79 Å². The van der Waals surface area contributed by atoms with E-state index in [1.54, 1.807) is 12.1 Å². The lowest BCUT2D eigenvalue weighted by Gasteiger charge is -2.11. The van der Waals surface area contributed by atoms with Crippen molar-refractivity contribution < 1.29 is 14.2 Å². The molecule has 0 unspecified atom stereocenters. The first-order valence-corrected chi connectivity index (χ1v) is 9.22. The van der Waals surface area contributed by atoms with Gasteiger partial charge in [-0.2, -0.15) is 0 Å². The van der Waals surface area contributed by atoms with Crippen LogP contribution in [0.2, 0.25) is 10.0 Å². The van der Waals surface area contributed by atoms with Crippen molar-refractivity contribution in [1.82, 2.24) is 0 Å². The van der Waals surface area contributed by atoms with Gasteiger partial charge in [0.1, 0.15) is 12.4 Å². The molecule has 0 fully saturated rings.